The first-order valence-electron chi connectivity index (χ1n) is 9.90. The van der Waals surface area contributed by atoms with Crippen molar-refractivity contribution in [2.75, 3.05) is 21.7 Å². The number of aromatic nitrogens is 2. The van der Waals surface area contributed by atoms with E-state index in [-0.39, 0.29) is 23.5 Å². The van der Waals surface area contributed by atoms with E-state index in [9.17, 15) is 14.4 Å². The van der Waals surface area contributed by atoms with Crippen molar-refractivity contribution in [3.63, 3.8) is 0 Å². The van der Waals surface area contributed by atoms with Gasteiger partial charge in [-0.1, -0.05) is 53.4 Å². The van der Waals surface area contributed by atoms with Gasteiger partial charge < -0.3 is 10.6 Å². The number of thioether (sulfide) groups is 1. The van der Waals surface area contributed by atoms with Gasteiger partial charge in [0.2, 0.25) is 16.9 Å². The van der Waals surface area contributed by atoms with Crippen molar-refractivity contribution in [1.29, 1.82) is 0 Å². The molecular formula is C23H19N5O3S2. The molecule has 4 rings (SSSR count). The van der Waals surface area contributed by atoms with Crippen LogP contribution >= 0.6 is 23.1 Å². The third-order valence-corrected chi connectivity index (χ3v) is 6.43. The number of carbonyl (C=O) groups excluding carboxylic acids is 3. The number of hydrogen-bond donors (Lipinski definition) is 3. The molecule has 33 heavy (non-hydrogen) atoms. The van der Waals surface area contributed by atoms with Gasteiger partial charge in [-0.2, -0.15) is 0 Å². The maximum Gasteiger partial charge on any atom is 0.257 e. The van der Waals surface area contributed by atoms with Crippen LogP contribution in [-0.4, -0.2) is 33.7 Å². The number of rotatable bonds is 7. The van der Waals surface area contributed by atoms with Crippen molar-refractivity contribution in [2.45, 2.75) is 11.3 Å². The summed E-state index contributed by atoms with van der Waals surface area (Å²) >= 11 is 2.43. The molecule has 0 radical (unpaired) electrons. The number of nitrogens with zero attached hydrogens (tertiary/aromatic N) is 2. The lowest BCUT2D eigenvalue weighted by atomic mass is 10.1. The van der Waals surface area contributed by atoms with E-state index >= 15 is 0 Å². The molecule has 0 aliphatic carbocycles. The minimum Gasteiger partial charge on any atom is -0.326 e. The highest BCUT2D eigenvalue weighted by Crippen LogP contribution is 2.26. The Bertz CT molecular complexity index is 1320. The van der Waals surface area contributed by atoms with Gasteiger partial charge in [0.1, 0.15) is 0 Å². The summed E-state index contributed by atoms with van der Waals surface area (Å²) in [6, 6.07) is 20.1. The van der Waals surface area contributed by atoms with E-state index in [1.54, 1.807) is 30.3 Å². The van der Waals surface area contributed by atoms with Gasteiger partial charge in [0.05, 0.1) is 5.75 Å². The molecular weight excluding hydrogens is 458 g/mol. The summed E-state index contributed by atoms with van der Waals surface area (Å²) in [5.41, 5.74) is 1.80. The quantitative estimate of drug-likeness (QED) is 0.264. The number of benzene rings is 3. The van der Waals surface area contributed by atoms with Crippen LogP contribution in [-0.2, 0) is 9.59 Å². The molecule has 166 valence electrons. The Morgan fingerprint density at radius 2 is 1.55 bits per heavy atom. The molecule has 0 saturated heterocycles. The minimum atomic E-state index is -0.270. The van der Waals surface area contributed by atoms with Crippen molar-refractivity contribution in [3.05, 3.63) is 72.3 Å². The Kier molecular flexibility index (Phi) is 6.96. The highest BCUT2D eigenvalue weighted by molar-refractivity contribution is 8.01. The van der Waals surface area contributed by atoms with Gasteiger partial charge in [-0.05, 0) is 47.2 Å². The summed E-state index contributed by atoms with van der Waals surface area (Å²) < 4.78 is 0.569. The van der Waals surface area contributed by atoms with E-state index in [0.717, 1.165) is 10.8 Å². The molecule has 10 heteroatoms. The van der Waals surface area contributed by atoms with Gasteiger partial charge >= 0.3 is 0 Å². The van der Waals surface area contributed by atoms with Gasteiger partial charge in [0.15, 0.2) is 4.34 Å². The molecule has 4 aromatic rings. The highest BCUT2D eigenvalue weighted by atomic mass is 32.2. The Morgan fingerprint density at radius 3 is 2.27 bits per heavy atom. The average molecular weight is 478 g/mol. The second kappa shape index (κ2) is 10.2. The molecule has 0 aliphatic rings. The van der Waals surface area contributed by atoms with Gasteiger partial charge in [-0.25, -0.2) is 0 Å². The van der Waals surface area contributed by atoms with Gasteiger partial charge in [-0.15, -0.1) is 10.2 Å². The number of carbonyl (C=O) groups is 3. The first-order valence-corrected chi connectivity index (χ1v) is 11.7. The van der Waals surface area contributed by atoms with Crippen molar-refractivity contribution in [3.8, 4) is 0 Å². The van der Waals surface area contributed by atoms with E-state index in [4.69, 9.17) is 0 Å². The van der Waals surface area contributed by atoms with Gasteiger partial charge in [-0.3, -0.25) is 19.7 Å². The van der Waals surface area contributed by atoms with Crippen LogP contribution in [0.5, 0.6) is 0 Å². The topological polar surface area (TPSA) is 113 Å². The van der Waals surface area contributed by atoms with Crippen molar-refractivity contribution in [2.24, 2.45) is 0 Å². The van der Waals surface area contributed by atoms with E-state index in [1.807, 2.05) is 36.4 Å². The third kappa shape index (κ3) is 6.15. The largest absolute Gasteiger partial charge is 0.326 e. The van der Waals surface area contributed by atoms with Crippen LogP contribution in [0.25, 0.3) is 10.8 Å². The Hall–Kier alpha value is -3.76. The summed E-state index contributed by atoms with van der Waals surface area (Å²) in [5, 5.41) is 18.6. The molecule has 0 fully saturated rings. The van der Waals surface area contributed by atoms with Crippen molar-refractivity contribution >= 4 is 68.1 Å². The van der Waals surface area contributed by atoms with Crippen LogP contribution in [0.2, 0.25) is 0 Å². The van der Waals surface area contributed by atoms with Crippen molar-refractivity contribution in [1.82, 2.24) is 10.2 Å². The maximum atomic E-state index is 12.6. The lowest BCUT2D eigenvalue weighted by molar-refractivity contribution is -0.114. The second-order valence-corrected chi connectivity index (χ2v) is 9.18. The SMILES string of the molecule is CC(=O)Nc1ccc(NC(=O)CSc2nnc(NC(=O)c3ccc4ccccc4c3)s2)cc1. The molecule has 0 bridgehead atoms. The molecule has 8 nitrogen and oxygen atoms in total. The standard InChI is InChI=1S/C23H19N5O3S2/c1-14(29)24-18-8-10-19(11-9-18)25-20(30)13-32-23-28-27-22(33-23)26-21(31)17-7-6-15-4-2-3-5-16(15)12-17/h2-12H,13H2,1H3,(H,24,29)(H,25,30)(H,26,27,31). The average Bonchev–Trinajstić information content (AvgIpc) is 3.25. The van der Waals surface area contributed by atoms with Crippen LogP contribution < -0.4 is 16.0 Å². The number of nitrogens with one attached hydrogen (secondary N) is 3. The van der Waals surface area contributed by atoms with Gasteiger partial charge in [0, 0.05) is 23.9 Å². The Labute approximate surface area is 197 Å². The second-order valence-electron chi connectivity index (χ2n) is 6.98. The van der Waals surface area contributed by atoms with Crippen LogP contribution in [0.15, 0.2) is 71.1 Å². The maximum absolute atomic E-state index is 12.6. The fourth-order valence-electron chi connectivity index (χ4n) is 2.98. The third-order valence-electron chi connectivity index (χ3n) is 4.45. The summed E-state index contributed by atoms with van der Waals surface area (Å²) in [7, 11) is 0. The molecule has 1 aromatic heterocycles. The van der Waals surface area contributed by atoms with E-state index < -0.39 is 0 Å². The smallest absolute Gasteiger partial charge is 0.257 e. The molecule has 0 unspecified atom stereocenters. The Morgan fingerprint density at radius 1 is 0.848 bits per heavy atom. The monoisotopic (exact) mass is 477 g/mol. The number of hydrogen-bond acceptors (Lipinski definition) is 7. The van der Waals surface area contributed by atoms with E-state index in [0.29, 0.717) is 26.4 Å². The van der Waals surface area contributed by atoms with Crippen LogP contribution in [0.3, 0.4) is 0 Å². The van der Waals surface area contributed by atoms with Crippen molar-refractivity contribution < 1.29 is 14.4 Å². The summed E-state index contributed by atoms with van der Waals surface area (Å²) in [5.74, 6) is -0.494. The number of anilines is 3. The lowest BCUT2D eigenvalue weighted by Gasteiger charge is -2.06. The predicted octanol–water partition coefficient (Wildman–Crippen LogP) is 4.63. The Balaban J connectivity index is 1.28. The molecule has 0 spiro atoms. The zero-order chi connectivity index (χ0) is 23.2. The fraction of sp³-hybridized carbons (Fsp3) is 0.0870. The summed E-state index contributed by atoms with van der Waals surface area (Å²) in [6.07, 6.45) is 0. The molecule has 0 saturated carbocycles. The first kappa shape index (κ1) is 22.4. The number of fused-ring (bicyclic) bond motifs is 1. The molecule has 3 aromatic carbocycles. The summed E-state index contributed by atoms with van der Waals surface area (Å²) in [6.45, 7) is 1.43. The van der Waals surface area contributed by atoms with E-state index in [2.05, 4.69) is 26.1 Å². The number of amides is 3. The van der Waals surface area contributed by atoms with E-state index in [1.165, 1.54) is 30.0 Å². The molecule has 0 atom stereocenters. The minimum absolute atomic E-state index is 0.140. The van der Waals surface area contributed by atoms with Crippen LogP contribution in [0.4, 0.5) is 16.5 Å². The summed E-state index contributed by atoms with van der Waals surface area (Å²) in [4.78, 5) is 35.8. The highest BCUT2D eigenvalue weighted by Gasteiger charge is 2.12. The zero-order valence-corrected chi connectivity index (χ0v) is 19.1. The van der Waals surface area contributed by atoms with Gasteiger partial charge in [0.25, 0.3) is 5.91 Å². The molecule has 1 heterocycles. The fourth-order valence-corrected chi connectivity index (χ4v) is 4.53. The molecule has 3 N–H and O–H groups in total. The lowest BCUT2D eigenvalue weighted by Crippen LogP contribution is -2.14. The molecule has 0 aliphatic heterocycles. The zero-order valence-electron chi connectivity index (χ0n) is 17.5. The molecule has 3 amide bonds. The van der Waals surface area contributed by atoms with Crippen LogP contribution in [0.1, 0.15) is 17.3 Å². The normalized spacial score (nSPS) is 10.6. The first-order chi connectivity index (χ1) is 16.0. The van der Waals surface area contributed by atoms with Crippen LogP contribution in [0, 0.1) is 0 Å². The predicted molar refractivity (Wildman–Crippen MR) is 132 cm³/mol.